The third-order valence-corrected chi connectivity index (χ3v) is 7.02. The van der Waals surface area contributed by atoms with Gasteiger partial charge in [0.1, 0.15) is 0 Å². The molecule has 0 radical (unpaired) electrons. The number of hydrogen-bond acceptors (Lipinski definition) is 6. The summed E-state index contributed by atoms with van der Waals surface area (Å²) >= 11 is 1.97. The normalized spacial score (nSPS) is 21.8. The van der Waals surface area contributed by atoms with Crippen LogP contribution in [0.4, 0.5) is 5.82 Å². The van der Waals surface area contributed by atoms with Crippen molar-refractivity contribution in [1.29, 1.82) is 0 Å². The minimum atomic E-state index is 0.0374. The molecule has 142 valence electrons. The quantitative estimate of drug-likeness (QED) is 0.811. The first-order chi connectivity index (χ1) is 13.3. The average molecular weight is 384 g/mol. The molecule has 6 nitrogen and oxygen atoms in total. The van der Waals surface area contributed by atoms with Crippen LogP contribution in [0, 0.1) is 0 Å². The van der Waals surface area contributed by atoms with Crippen LogP contribution < -0.4 is 10.5 Å². The second kappa shape index (κ2) is 7.26. The van der Waals surface area contributed by atoms with Crippen LogP contribution in [0.3, 0.4) is 0 Å². The first-order valence-electron chi connectivity index (χ1n) is 10.1. The summed E-state index contributed by atoms with van der Waals surface area (Å²) in [6.07, 6.45) is 7.55. The number of aromatic nitrogens is 4. The van der Waals surface area contributed by atoms with Crippen molar-refractivity contribution in [2.24, 2.45) is 0 Å². The highest BCUT2D eigenvalue weighted by atomic mass is 32.2. The molecule has 1 aliphatic carbocycles. The molecule has 0 spiro atoms. The van der Waals surface area contributed by atoms with Gasteiger partial charge in [-0.15, -0.1) is 5.10 Å². The molecule has 0 saturated carbocycles. The highest BCUT2D eigenvalue weighted by Crippen LogP contribution is 2.29. The van der Waals surface area contributed by atoms with E-state index in [1.807, 2.05) is 17.8 Å². The van der Waals surface area contributed by atoms with Crippen molar-refractivity contribution in [3.05, 3.63) is 45.0 Å². The zero-order chi connectivity index (χ0) is 18.2. The number of aryl methyl sites for hydroxylation is 3. The molecule has 2 aromatic heterocycles. The van der Waals surface area contributed by atoms with Crippen molar-refractivity contribution in [1.82, 2.24) is 20.0 Å². The molecular formula is C20H25N5OS. The summed E-state index contributed by atoms with van der Waals surface area (Å²) in [6.45, 7) is 1.62. The molecule has 1 unspecified atom stereocenters. The van der Waals surface area contributed by atoms with Crippen LogP contribution in [0.5, 0.6) is 0 Å². The highest BCUT2D eigenvalue weighted by molar-refractivity contribution is 7.98. The number of thioether (sulfide) groups is 1. The summed E-state index contributed by atoms with van der Waals surface area (Å²) in [5.74, 6) is 3.13. The molecule has 1 atom stereocenters. The predicted octanol–water partition coefficient (Wildman–Crippen LogP) is 2.37. The Morgan fingerprint density at radius 1 is 1.04 bits per heavy atom. The van der Waals surface area contributed by atoms with Gasteiger partial charge in [0, 0.05) is 24.8 Å². The average Bonchev–Trinajstić information content (AvgIpc) is 3.16. The van der Waals surface area contributed by atoms with E-state index in [4.69, 9.17) is 5.10 Å². The molecule has 0 amide bonds. The fourth-order valence-electron chi connectivity index (χ4n) is 4.53. The van der Waals surface area contributed by atoms with Crippen molar-refractivity contribution in [2.75, 3.05) is 17.2 Å². The van der Waals surface area contributed by atoms with E-state index < -0.39 is 0 Å². The maximum absolute atomic E-state index is 12.6. The van der Waals surface area contributed by atoms with Gasteiger partial charge in [-0.25, -0.2) is 4.68 Å². The van der Waals surface area contributed by atoms with E-state index in [1.165, 1.54) is 18.4 Å². The van der Waals surface area contributed by atoms with E-state index in [0.717, 1.165) is 72.9 Å². The molecule has 0 N–H and O–H groups in total. The minimum Gasteiger partial charge on any atom is -0.350 e. The van der Waals surface area contributed by atoms with Crippen LogP contribution >= 0.6 is 11.8 Å². The first-order valence-corrected chi connectivity index (χ1v) is 11.2. The van der Waals surface area contributed by atoms with Crippen molar-refractivity contribution in [3.63, 3.8) is 0 Å². The number of anilines is 1. The molecule has 1 fully saturated rings. The van der Waals surface area contributed by atoms with Gasteiger partial charge in [0.05, 0.1) is 24.0 Å². The van der Waals surface area contributed by atoms with Gasteiger partial charge in [-0.1, -0.05) is 0 Å². The van der Waals surface area contributed by atoms with Crippen molar-refractivity contribution in [3.8, 4) is 0 Å². The van der Waals surface area contributed by atoms with Gasteiger partial charge in [-0.05, 0) is 61.5 Å². The fourth-order valence-corrected chi connectivity index (χ4v) is 5.48. The number of rotatable bonds is 3. The first kappa shape index (κ1) is 17.2. The fraction of sp³-hybridized carbons (Fsp3) is 0.600. The number of hydrogen-bond donors (Lipinski definition) is 0. The van der Waals surface area contributed by atoms with Gasteiger partial charge < -0.3 is 4.90 Å². The molecule has 0 aromatic carbocycles. The van der Waals surface area contributed by atoms with Gasteiger partial charge in [0.2, 0.25) is 0 Å². The van der Waals surface area contributed by atoms with E-state index in [0.29, 0.717) is 6.54 Å². The Balaban J connectivity index is 1.40. The van der Waals surface area contributed by atoms with Gasteiger partial charge in [-0.3, -0.25) is 4.79 Å². The van der Waals surface area contributed by atoms with Gasteiger partial charge in [0.25, 0.3) is 5.56 Å². The summed E-state index contributed by atoms with van der Waals surface area (Å²) in [6, 6.07) is 4.30. The van der Waals surface area contributed by atoms with Gasteiger partial charge in [-0.2, -0.15) is 22.0 Å². The zero-order valence-corrected chi connectivity index (χ0v) is 16.4. The van der Waals surface area contributed by atoms with Crippen LogP contribution in [-0.2, 0) is 31.6 Å². The maximum Gasteiger partial charge on any atom is 0.267 e. The van der Waals surface area contributed by atoms with Crippen LogP contribution in [-0.4, -0.2) is 38.3 Å². The van der Waals surface area contributed by atoms with Crippen LogP contribution in [0.15, 0.2) is 16.9 Å². The molecule has 7 heteroatoms. The number of nitrogens with zero attached hydrogens (tertiary/aromatic N) is 5. The van der Waals surface area contributed by atoms with E-state index in [-0.39, 0.29) is 11.6 Å². The molecule has 2 aromatic rings. The molecule has 0 bridgehead atoms. The van der Waals surface area contributed by atoms with Crippen LogP contribution in [0.25, 0.3) is 0 Å². The monoisotopic (exact) mass is 383 g/mol. The predicted molar refractivity (Wildman–Crippen MR) is 107 cm³/mol. The molecule has 27 heavy (non-hydrogen) atoms. The maximum atomic E-state index is 12.6. The summed E-state index contributed by atoms with van der Waals surface area (Å²) in [5.41, 5.74) is 4.79. The lowest BCUT2D eigenvalue weighted by Crippen LogP contribution is -2.38. The Hall–Kier alpha value is -1.89. The Kier molecular flexibility index (Phi) is 4.63. The Morgan fingerprint density at radius 2 is 1.96 bits per heavy atom. The molecule has 1 saturated heterocycles. The molecule has 3 aliphatic rings. The van der Waals surface area contributed by atoms with Gasteiger partial charge in [0.15, 0.2) is 5.82 Å². The van der Waals surface area contributed by atoms with Crippen LogP contribution in [0.1, 0.15) is 48.2 Å². The van der Waals surface area contributed by atoms with E-state index in [2.05, 4.69) is 21.2 Å². The molecular weight excluding hydrogens is 358 g/mol. The Morgan fingerprint density at radius 3 is 2.93 bits per heavy atom. The second-order valence-corrected chi connectivity index (χ2v) is 8.92. The van der Waals surface area contributed by atoms with E-state index in [1.54, 1.807) is 4.68 Å². The van der Waals surface area contributed by atoms with E-state index in [9.17, 15) is 4.79 Å². The minimum absolute atomic E-state index is 0.0374. The third-order valence-electron chi connectivity index (χ3n) is 6.02. The summed E-state index contributed by atoms with van der Waals surface area (Å²) in [7, 11) is 0. The van der Waals surface area contributed by atoms with Crippen molar-refractivity contribution >= 4 is 17.6 Å². The number of fused-ring (bicyclic) bond motifs is 2. The second-order valence-electron chi connectivity index (χ2n) is 7.81. The van der Waals surface area contributed by atoms with Crippen molar-refractivity contribution in [2.45, 2.75) is 63.3 Å². The molecule has 4 heterocycles. The van der Waals surface area contributed by atoms with Crippen LogP contribution in [0.2, 0.25) is 0 Å². The molecule has 5 rings (SSSR count). The lowest BCUT2D eigenvalue weighted by atomic mass is 9.97. The Labute approximate surface area is 163 Å². The van der Waals surface area contributed by atoms with Gasteiger partial charge >= 0.3 is 0 Å². The largest absolute Gasteiger partial charge is 0.350 e. The van der Waals surface area contributed by atoms with E-state index >= 15 is 0 Å². The zero-order valence-electron chi connectivity index (χ0n) is 15.6. The lowest BCUT2D eigenvalue weighted by molar-refractivity contribution is 0.471. The third kappa shape index (κ3) is 3.37. The SMILES string of the molecule is O=c1cc2c(nn1CC1CCCN1c1cc3c(nn1)CCSC3)CCCC2. The topological polar surface area (TPSA) is 63.9 Å². The summed E-state index contributed by atoms with van der Waals surface area (Å²) in [4.78, 5) is 14.9. The lowest BCUT2D eigenvalue weighted by Gasteiger charge is -2.27. The molecule has 2 aliphatic heterocycles. The van der Waals surface area contributed by atoms with Crippen molar-refractivity contribution < 1.29 is 0 Å². The highest BCUT2D eigenvalue weighted by Gasteiger charge is 2.28. The Bertz CT molecular complexity index is 912. The standard InChI is InChI=1S/C20H25N5OS/c26-20-11-14-4-1-2-6-18(14)23-25(20)12-16-5-3-8-24(16)19-10-15-13-27-9-7-17(15)21-22-19/h10-11,16H,1-9,12-13H2. The summed E-state index contributed by atoms with van der Waals surface area (Å²) < 4.78 is 1.69. The smallest absolute Gasteiger partial charge is 0.267 e. The summed E-state index contributed by atoms with van der Waals surface area (Å²) in [5, 5.41) is 13.7.